The summed E-state index contributed by atoms with van der Waals surface area (Å²) in [6, 6.07) is 23.6. The Morgan fingerprint density at radius 1 is 1.06 bits per heavy atom. The molecule has 186 valence electrons. The van der Waals surface area contributed by atoms with E-state index >= 15 is 0 Å². The number of carbonyl (C=O) groups is 2. The molecule has 1 aliphatic heterocycles. The predicted molar refractivity (Wildman–Crippen MR) is 147 cm³/mol. The fourth-order valence-electron chi connectivity index (χ4n) is 3.99. The minimum absolute atomic E-state index is 0.0226. The molecule has 0 unspecified atom stereocenters. The van der Waals surface area contributed by atoms with Crippen molar-refractivity contribution in [3.63, 3.8) is 0 Å². The average molecular weight is 501 g/mol. The number of benzene rings is 3. The van der Waals surface area contributed by atoms with Crippen LogP contribution in [0.3, 0.4) is 0 Å². The number of fused-ring (bicyclic) bond motifs is 1. The van der Waals surface area contributed by atoms with E-state index in [1.807, 2.05) is 67.3 Å². The molecule has 1 aliphatic rings. The Bertz CT molecular complexity index is 1250. The summed E-state index contributed by atoms with van der Waals surface area (Å²) in [4.78, 5) is 29.5. The molecule has 1 N–H and O–H groups in total. The van der Waals surface area contributed by atoms with Crippen LogP contribution in [-0.4, -0.2) is 31.1 Å². The molecular weight excluding hydrogens is 468 g/mol. The average Bonchev–Trinajstić information content (AvgIpc) is 2.86. The molecule has 0 bridgehead atoms. The molecule has 36 heavy (non-hydrogen) atoms. The molecule has 3 aromatic rings. The summed E-state index contributed by atoms with van der Waals surface area (Å²) < 4.78 is 5.50. The summed E-state index contributed by atoms with van der Waals surface area (Å²) in [6.45, 7) is 7.75. The van der Waals surface area contributed by atoms with E-state index < -0.39 is 0 Å². The van der Waals surface area contributed by atoms with Gasteiger partial charge in [0.1, 0.15) is 0 Å². The zero-order valence-corrected chi connectivity index (χ0v) is 21.8. The smallest absolute Gasteiger partial charge is 0.265 e. The van der Waals surface area contributed by atoms with Crippen LogP contribution in [0.1, 0.15) is 47.3 Å². The lowest BCUT2D eigenvalue weighted by molar-refractivity contribution is -0.114. The topological polar surface area (TPSA) is 58.6 Å². The number of hydrogen-bond donors (Lipinski definition) is 1. The van der Waals surface area contributed by atoms with Gasteiger partial charge in [-0.15, -0.1) is 0 Å². The summed E-state index contributed by atoms with van der Waals surface area (Å²) in [5.74, 6) is -0.134. The van der Waals surface area contributed by atoms with Gasteiger partial charge in [-0.05, 0) is 68.7 Å². The van der Waals surface area contributed by atoms with Crippen LogP contribution >= 0.6 is 11.8 Å². The summed E-state index contributed by atoms with van der Waals surface area (Å²) in [7, 11) is 0. The highest BCUT2D eigenvalue weighted by Crippen LogP contribution is 2.42. The van der Waals surface area contributed by atoms with E-state index in [4.69, 9.17) is 4.74 Å². The third-order valence-electron chi connectivity index (χ3n) is 5.78. The van der Waals surface area contributed by atoms with Crippen molar-refractivity contribution in [3.05, 3.63) is 100.0 Å². The minimum Gasteiger partial charge on any atom is -0.379 e. The molecule has 0 atom stereocenters. The lowest BCUT2D eigenvalue weighted by Crippen LogP contribution is -2.33. The SMILES string of the molecule is Cc1cccc(CN2C(=O)C(=Cc3ccc(C(=O)NCCCOC(C)C)cc3)Sc3ccccc32)c1. The molecule has 0 radical (unpaired) electrons. The van der Waals surface area contributed by atoms with E-state index in [0.29, 0.717) is 30.2 Å². The van der Waals surface area contributed by atoms with Crippen molar-refractivity contribution in [2.75, 3.05) is 18.1 Å². The van der Waals surface area contributed by atoms with E-state index in [9.17, 15) is 9.59 Å². The van der Waals surface area contributed by atoms with E-state index in [2.05, 4.69) is 30.4 Å². The lowest BCUT2D eigenvalue weighted by Gasteiger charge is -2.30. The van der Waals surface area contributed by atoms with Crippen molar-refractivity contribution in [2.24, 2.45) is 0 Å². The first-order valence-electron chi connectivity index (χ1n) is 12.3. The Kier molecular flexibility index (Phi) is 8.62. The number of para-hydroxylation sites is 1. The summed E-state index contributed by atoms with van der Waals surface area (Å²) >= 11 is 1.48. The van der Waals surface area contributed by atoms with E-state index in [1.165, 1.54) is 17.3 Å². The number of aryl methyl sites for hydroxylation is 1. The van der Waals surface area contributed by atoms with Gasteiger partial charge in [0.25, 0.3) is 11.8 Å². The second-order valence-corrected chi connectivity index (χ2v) is 10.2. The van der Waals surface area contributed by atoms with Crippen LogP contribution in [0.2, 0.25) is 0 Å². The normalized spacial score (nSPS) is 14.3. The number of nitrogens with one attached hydrogen (secondary N) is 1. The molecule has 4 rings (SSSR count). The number of amides is 2. The second kappa shape index (κ2) is 12.1. The number of thioether (sulfide) groups is 1. The molecule has 5 nitrogen and oxygen atoms in total. The number of rotatable bonds is 9. The van der Waals surface area contributed by atoms with Crippen LogP contribution < -0.4 is 10.2 Å². The molecular formula is C30H32N2O3S. The zero-order chi connectivity index (χ0) is 25.5. The van der Waals surface area contributed by atoms with Gasteiger partial charge >= 0.3 is 0 Å². The first-order valence-corrected chi connectivity index (χ1v) is 13.1. The summed E-state index contributed by atoms with van der Waals surface area (Å²) in [5, 5.41) is 2.93. The van der Waals surface area contributed by atoms with Gasteiger partial charge in [-0.3, -0.25) is 9.59 Å². The van der Waals surface area contributed by atoms with Crippen LogP contribution in [0.25, 0.3) is 6.08 Å². The van der Waals surface area contributed by atoms with Gasteiger partial charge in [-0.25, -0.2) is 0 Å². The van der Waals surface area contributed by atoms with Gasteiger partial charge in [0.05, 0.1) is 23.2 Å². The van der Waals surface area contributed by atoms with Gasteiger partial charge < -0.3 is 15.0 Å². The van der Waals surface area contributed by atoms with E-state index in [1.54, 1.807) is 12.1 Å². The number of carbonyl (C=O) groups excluding carboxylic acids is 2. The van der Waals surface area contributed by atoms with Crippen LogP contribution in [0, 0.1) is 6.92 Å². The number of hydrogen-bond acceptors (Lipinski definition) is 4. The number of ether oxygens (including phenoxy) is 1. The number of anilines is 1. The number of nitrogens with zero attached hydrogens (tertiary/aromatic N) is 1. The van der Waals surface area contributed by atoms with Crippen LogP contribution in [-0.2, 0) is 16.1 Å². The van der Waals surface area contributed by atoms with Crippen molar-refractivity contribution in [2.45, 2.75) is 44.7 Å². The zero-order valence-electron chi connectivity index (χ0n) is 21.0. The Morgan fingerprint density at radius 3 is 2.58 bits per heavy atom. The molecule has 0 aromatic heterocycles. The minimum atomic E-state index is -0.111. The lowest BCUT2D eigenvalue weighted by atomic mass is 10.1. The second-order valence-electron chi connectivity index (χ2n) is 9.11. The molecule has 0 saturated heterocycles. The van der Waals surface area contributed by atoms with Gasteiger partial charge in [0.15, 0.2) is 0 Å². The molecule has 0 fully saturated rings. The summed E-state index contributed by atoms with van der Waals surface area (Å²) in [6.07, 6.45) is 2.87. The molecule has 0 saturated carbocycles. The Morgan fingerprint density at radius 2 is 1.83 bits per heavy atom. The maximum atomic E-state index is 13.5. The summed E-state index contributed by atoms with van der Waals surface area (Å²) in [5.41, 5.74) is 4.66. The Hall–Kier alpha value is -3.35. The van der Waals surface area contributed by atoms with Crippen molar-refractivity contribution < 1.29 is 14.3 Å². The van der Waals surface area contributed by atoms with Crippen molar-refractivity contribution in [1.82, 2.24) is 5.32 Å². The van der Waals surface area contributed by atoms with Crippen LogP contribution in [0.4, 0.5) is 5.69 Å². The largest absolute Gasteiger partial charge is 0.379 e. The first kappa shape index (κ1) is 25.7. The molecule has 0 aliphatic carbocycles. The highest BCUT2D eigenvalue weighted by molar-refractivity contribution is 8.04. The molecule has 6 heteroatoms. The first-order chi connectivity index (χ1) is 17.4. The van der Waals surface area contributed by atoms with Gasteiger partial charge in [0.2, 0.25) is 0 Å². The van der Waals surface area contributed by atoms with Crippen molar-refractivity contribution in [1.29, 1.82) is 0 Å². The van der Waals surface area contributed by atoms with Gasteiger partial charge in [0, 0.05) is 23.6 Å². The third-order valence-corrected chi connectivity index (χ3v) is 6.86. The molecule has 3 aromatic carbocycles. The third kappa shape index (κ3) is 6.65. The van der Waals surface area contributed by atoms with E-state index in [-0.39, 0.29) is 17.9 Å². The maximum absolute atomic E-state index is 13.5. The molecule has 1 heterocycles. The molecule has 0 spiro atoms. The van der Waals surface area contributed by atoms with Crippen LogP contribution in [0.5, 0.6) is 0 Å². The molecule has 2 amide bonds. The Balaban J connectivity index is 1.47. The maximum Gasteiger partial charge on any atom is 0.265 e. The fraction of sp³-hybridized carbons (Fsp3) is 0.267. The predicted octanol–water partition coefficient (Wildman–Crippen LogP) is 6.22. The van der Waals surface area contributed by atoms with E-state index in [0.717, 1.165) is 28.1 Å². The Labute approximate surface area is 217 Å². The van der Waals surface area contributed by atoms with Crippen molar-refractivity contribution >= 4 is 35.3 Å². The van der Waals surface area contributed by atoms with Crippen molar-refractivity contribution in [3.8, 4) is 0 Å². The van der Waals surface area contributed by atoms with Crippen LogP contribution in [0.15, 0.2) is 82.6 Å². The fourth-order valence-corrected chi connectivity index (χ4v) is 5.05. The van der Waals surface area contributed by atoms with Gasteiger partial charge in [-0.1, -0.05) is 65.9 Å². The highest BCUT2D eigenvalue weighted by atomic mass is 32.2. The monoisotopic (exact) mass is 500 g/mol. The highest BCUT2D eigenvalue weighted by Gasteiger charge is 2.29. The standard InChI is InChI=1S/C30H32N2O3S/c1-21(2)35-17-7-16-31-29(33)25-14-12-23(13-15-25)19-28-30(34)32(20-24-9-6-8-22(3)18-24)26-10-4-5-11-27(26)36-28/h4-6,8-15,18-19,21H,7,16-17,20H2,1-3H3,(H,31,33). The quantitative estimate of drug-likeness (QED) is 0.280. The van der Waals surface area contributed by atoms with Gasteiger partial charge in [-0.2, -0.15) is 0 Å².